The van der Waals surface area contributed by atoms with E-state index >= 15 is 0 Å². The molecule has 0 spiro atoms. The van der Waals surface area contributed by atoms with Crippen molar-refractivity contribution in [2.75, 3.05) is 25.2 Å². The van der Waals surface area contributed by atoms with Crippen LogP contribution in [0.4, 0.5) is 5.69 Å². The van der Waals surface area contributed by atoms with Gasteiger partial charge in [-0.1, -0.05) is 36.3 Å². The maximum absolute atomic E-state index is 12.1. The molecule has 0 aliphatic carbocycles. The lowest BCUT2D eigenvalue weighted by Crippen LogP contribution is -2.21. The van der Waals surface area contributed by atoms with Crippen LogP contribution < -0.4 is 5.32 Å². The zero-order valence-electron chi connectivity index (χ0n) is 17.2. The summed E-state index contributed by atoms with van der Waals surface area (Å²) in [4.78, 5) is 29.9. The van der Waals surface area contributed by atoms with Gasteiger partial charge in [0, 0.05) is 30.9 Å². The van der Waals surface area contributed by atoms with Gasteiger partial charge in [-0.3, -0.25) is 9.59 Å². The van der Waals surface area contributed by atoms with E-state index in [9.17, 15) is 9.59 Å². The molecule has 0 fully saturated rings. The Balaban J connectivity index is 1.46. The second kappa shape index (κ2) is 10.1. The molecule has 0 saturated carbocycles. The van der Waals surface area contributed by atoms with Crippen molar-refractivity contribution in [3.8, 4) is 11.4 Å². The van der Waals surface area contributed by atoms with Crippen LogP contribution in [0.15, 0.2) is 53.1 Å². The van der Waals surface area contributed by atoms with Crippen LogP contribution in [0.3, 0.4) is 0 Å². The molecule has 0 radical (unpaired) electrons. The molecular weight excluding hydrogens is 400 g/mol. The molecule has 2 amide bonds. The van der Waals surface area contributed by atoms with Gasteiger partial charge in [0.2, 0.25) is 17.6 Å². The van der Waals surface area contributed by atoms with Crippen molar-refractivity contribution < 1.29 is 14.1 Å². The quantitative estimate of drug-likeness (QED) is 0.590. The van der Waals surface area contributed by atoms with E-state index < -0.39 is 0 Å². The number of hydrogen-bond acceptors (Lipinski definition) is 6. The van der Waals surface area contributed by atoms with Crippen LogP contribution in [0.25, 0.3) is 11.4 Å². The van der Waals surface area contributed by atoms with Crippen LogP contribution in [-0.2, 0) is 17.0 Å². The molecule has 0 atom stereocenters. The average molecular weight is 425 g/mol. The number of aromatic nitrogens is 2. The Hall–Kier alpha value is -3.13. The van der Waals surface area contributed by atoms with Crippen LogP contribution in [-0.4, -0.2) is 46.7 Å². The van der Waals surface area contributed by atoms with Crippen molar-refractivity contribution in [1.82, 2.24) is 15.0 Å². The number of rotatable bonds is 8. The summed E-state index contributed by atoms with van der Waals surface area (Å²) < 4.78 is 5.28. The Morgan fingerprint density at radius 1 is 1.07 bits per heavy atom. The maximum Gasteiger partial charge on any atom is 0.253 e. The normalized spacial score (nSPS) is 10.6. The number of nitrogens with zero attached hydrogens (tertiary/aromatic N) is 3. The van der Waals surface area contributed by atoms with Crippen LogP contribution in [0.5, 0.6) is 0 Å². The summed E-state index contributed by atoms with van der Waals surface area (Å²) in [5, 5.41) is 6.83. The van der Waals surface area contributed by atoms with Crippen LogP contribution in [0.2, 0.25) is 0 Å². The molecule has 7 nitrogen and oxygen atoms in total. The van der Waals surface area contributed by atoms with Gasteiger partial charge in [-0.25, -0.2) is 0 Å². The van der Waals surface area contributed by atoms with Gasteiger partial charge in [0.1, 0.15) is 0 Å². The molecule has 1 N–H and O–H groups in total. The highest BCUT2D eigenvalue weighted by Gasteiger charge is 2.11. The van der Waals surface area contributed by atoms with Gasteiger partial charge >= 0.3 is 0 Å². The van der Waals surface area contributed by atoms with Gasteiger partial charge in [-0.15, -0.1) is 11.8 Å². The number of amides is 2. The van der Waals surface area contributed by atoms with Crippen molar-refractivity contribution in [1.29, 1.82) is 0 Å². The molecule has 0 aliphatic rings. The Labute approximate surface area is 179 Å². The summed E-state index contributed by atoms with van der Waals surface area (Å²) in [5.41, 5.74) is 3.37. The van der Waals surface area contributed by atoms with Crippen LogP contribution in [0.1, 0.15) is 28.7 Å². The summed E-state index contributed by atoms with van der Waals surface area (Å²) >= 11 is 1.39. The maximum atomic E-state index is 12.1. The molecule has 1 heterocycles. The summed E-state index contributed by atoms with van der Waals surface area (Å²) in [5.74, 6) is 1.51. The van der Waals surface area contributed by atoms with Crippen LogP contribution >= 0.6 is 11.8 Å². The number of carbonyl (C=O) groups excluding carboxylic acids is 2. The molecule has 0 unspecified atom stereocenters. The zero-order valence-corrected chi connectivity index (χ0v) is 18.0. The predicted molar refractivity (Wildman–Crippen MR) is 118 cm³/mol. The van der Waals surface area contributed by atoms with E-state index in [1.54, 1.807) is 38.4 Å². The number of hydrogen-bond donors (Lipinski definition) is 1. The molecule has 0 bridgehead atoms. The fourth-order valence-corrected chi connectivity index (χ4v) is 3.35. The van der Waals surface area contributed by atoms with Crippen molar-refractivity contribution in [3.05, 3.63) is 65.5 Å². The summed E-state index contributed by atoms with van der Waals surface area (Å²) in [6, 6.07) is 14.9. The fraction of sp³-hybridized carbons (Fsp3) is 0.273. The van der Waals surface area contributed by atoms with Crippen molar-refractivity contribution >= 4 is 29.3 Å². The Bertz CT molecular complexity index is 998. The monoisotopic (exact) mass is 424 g/mol. The summed E-state index contributed by atoms with van der Waals surface area (Å²) in [6.07, 6.45) is 0.981. The SMILES string of the molecule is CCc1ccc(-c2noc(CSCC(=O)Nc3ccc(C(=O)N(C)C)cc3)n2)cc1. The predicted octanol–water partition coefficient (Wildman–Crippen LogP) is 3.87. The third-order valence-electron chi connectivity index (χ3n) is 4.37. The molecule has 0 aliphatic heterocycles. The van der Waals surface area contributed by atoms with Crippen LogP contribution in [0, 0.1) is 0 Å². The number of anilines is 1. The number of nitrogens with one attached hydrogen (secondary N) is 1. The largest absolute Gasteiger partial charge is 0.345 e. The molecule has 156 valence electrons. The fourth-order valence-electron chi connectivity index (χ4n) is 2.70. The van der Waals surface area contributed by atoms with E-state index in [-0.39, 0.29) is 17.6 Å². The smallest absolute Gasteiger partial charge is 0.253 e. The lowest BCUT2D eigenvalue weighted by Gasteiger charge is -2.10. The molecule has 2 aromatic carbocycles. The van der Waals surface area contributed by atoms with Crippen molar-refractivity contribution in [3.63, 3.8) is 0 Å². The zero-order chi connectivity index (χ0) is 21.5. The molecular formula is C22H24N4O3S. The van der Waals surface area contributed by atoms with Crippen molar-refractivity contribution in [2.45, 2.75) is 19.1 Å². The molecule has 8 heteroatoms. The first-order valence-electron chi connectivity index (χ1n) is 9.57. The number of aryl methyl sites for hydroxylation is 1. The van der Waals surface area contributed by atoms with Gasteiger partial charge in [-0.2, -0.15) is 4.98 Å². The van der Waals surface area contributed by atoms with E-state index in [1.807, 2.05) is 24.3 Å². The van der Waals surface area contributed by atoms with Gasteiger partial charge in [0.15, 0.2) is 0 Å². The lowest BCUT2D eigenvalue weighted by molar-refractivity contribution is -0.113. The number of carbonyl (C=O) groups is 2. The summed E-state index contributed by atoms with van der Waals surface area (Å²) in [6.45, 7) is 2.11. The van der Waals surface area contributed by atoms with E-state index in [0.29, 0.717) is 28.7 Å². The second-order valence-electron chi connectivity index (χ2n) is 6.88. The minimum atomic E-state index is -0.137. The Kier molecular flexibility index (Phi) is 7.24. The molecule has 3 rings (SSSR count). The number of benzene rings is 2. The minimum Gasteiger partial charge on any atom is -0.345 e. The lowest BCUT2D eigenvalue weighted by atomic mass is 10.1. The first-order chi connectivity index (χ1) is 14.5. The van der Waals surface area contributed by atoms with E-state index in [4.69, 9.17) is 4.52 Å². The van der Waals surface area contributed by atoms with Gasteiger partial charge < -0.3 is 14.7 Å². The topological polar surface area (TPSA) is 88.3 Å². The van der Waals surface area contributed by atoms with E-state index in [1.165, 1.54) is 22.2 Å². The molecule has 30 heavy (non-hydrogen) atoms. The third-order valence-corrected chi connectivity index (χ3v) is 5.29. The highest BCUT2D eigenvalue weighted by molar-refractivity contribution is 7.99. The van der Waals surface area contributed by atoms with Gasteiger partial charge in [0.05, 0.1) is 11.5 Å². The second-order valence-corrected chi connectivity index (χ2v) is 7.87. The standard InChI is InChI=1S/C22H24N4O3S/c1-4-15-5-7-16(8-6-15)21-24-20(29-25-21)14-30-13-19(27)23-18-11-9-17(10-12-18)22(28)26(2)3/h5-12H,4,13-14H2,1-3H3,(H,23,27). The molecule has 3 aromatic rings. The third kappa shape index (κ3) is 5.70. The number of thioether (sulfide) groups is 1. The molecule has 1 aromatic heterocycles. The first-order valence-corrected chi connectivity index (χ1v) is 10.7. The van der Waals surface area contributed by atoms with Crippen molar-refractivity contribution in [2.24, 2.45) is 0 Å². The van der Waals surface area contributed by atoms with Gasteiger partial charge in [0.25, 0.3) is 5.91 Å². The highest BCUT2D eigenvalue weighted by atomic mass is 32.2. The van der Waals surface area contributed by atoms with E-state index in [2.05, 4.69) is 22.4 Å². The van der Waals surface area contributed by atoms with E-state index in [0.717, 1.165) is 12.0 Å². The van der Waals surface area contributed by atoms with Gasteiger partial charge in [-0.05, 0) is 36.2 Å². The highest BCUT2D eigenvalue weighted by Crippen LogP contribution is 2.19. The first kappa shape index (κ1) is 21.6. The minimum absolute atomic E-state index is 0.0799. The molecule has 0 saturated heterocycles. The Morgan fingerprint density at radius 3 is 2.40 bits per heavy atom. The Morgan fingerprint density at radius 2 is 1.77 bits per heavy atom. The summed E-state index contributed by atoms with van der Waals surface area (Å²) in [7, 11) is 3.40. The average Bonchev–Trinajstić information content (AvgIpc) is 3.22.